The molecule has 4 heteroatoms. The fourth-order valence-electron chi connectivity index (χ4n) is 2.63. The van der Waals surface area contributed by atoms with Gasteiger partial charge in [-0.05, 0) is 47.9 Å². The summed E-state index contributed by atoms with van der Waals surface area (Å²) in [6.45, 7) is 5.00. The van der Waals surface area contributed by atoms with Gasteiger partial charge in [0.2, 0.25) is 5.91 Å². The smallest absolute Gasteiger partial charge is 0.226 e. The van der Waals surface area contributed by atoms with Gasteiger partial charge < -0.3 is 9.64 Å². The second-order valence-corrected chi connectivity index (χ2v) is 5.71. The minimum atomic E-state index is 0.120. The van der Waals surface area contributed by atoms with Crippen molar-refractivity contribution in [3.63, 3.8) is 0 Å². The minimum Gasteiger partial charge on any atom is -0.380 e. The Morgan fingerprint density at radius 3 is 2.39 bits per heavy atom. The van der Waals surface area contributed by atoms with Crippen molar-refractivity contribution in [2.24, 2.45) is 0 Å². The second kappa shape index (κ2) is 8.14. The first-order valence-corrected chi connectivity index (χ1v) is 8.16. The molecule has 3 nitrogen and oxygen atoms in total. The molecule has 2 rings (SSSR count). The van der Waals surface area contributed by atoms with E-state index < -0.39 is 0 Å². The van der Waals surface area contributed by atoms with Gasteiger partial charge in [-0.15, -0.1) is 0 Å². The van der Waals surface area contributed by atoms with Crippen LogP contribution in [0.3, 0.4) is 0 Å². The lowest BCUT2D eigenvalue weighted by Crippen LogP contribution is -2.29. The lowest BCUT2D eigenvalue weighted by atomic mass is 9.99. The minimum absolute atomic E-state index is 0.120. The predicted octanol–water partition coefficient (Wildman–Crippen LogP) is 4.92. The van der Waals surface area contributed by atoms with Crippen molar-refractivity contribution in [2.75, 3.05) is 18.6 Å². The summed E-state index contributed by atoms with van der Waals surface area (Å²) in [4.78, 5) is 13.9. The van der Waals surface area contributed by atoms with E-state index in [-0.39, 0.29) is 5.91 Å². The molecule has 0 unspecified atom stereocenters. The SMILES string of the molecule is CCC(=O)N(CC)c1ccc(-c2ccc(Cl)cc2)c(COC)c1. The number of hydrogen-bond acceptors (Lipinski definition) is 2. The predicted molar refractivity (Wildman–Crippen MR) is 95.9 cm³/mol. The van der Waals surface area contributed by atoms with E-state index in [0.29, 0.717) is 24.6 Å². The van der Waals surface area contributed by atoms with Crippen LogP contribution in [-0.2, 0) is 16.1 Å². The topological polar surface area (TPSA) is 29.5 Å². The number of carbonyl (C=O) groups is 1. The average Bonchev–Trinajstić information content (AvgIpc) is 2.57. The monoisotopic (exact) mass is 331 g/mol. The van der Waals surface area contributed by atoms with E-state index in [4.69, 9.17) is 16.3 Å². The van der Waals surface area contributed by atoms with Crippen LogP contribution in [0.2, 0.25) is 5.02 Å². The summed E-state index contributed by atoms with van der Waals surface area (Å²) < 4.78 is 5.34. The van der Waals surface area contributed by atoms with E-state index in [0.717, 1.165) is 22.4 Å². The van der Waals surface area contributed by atoms with Crippen molar-refractivity contribution in [3.8, 4) is 11.1 Å². The maximum Gasteiger partial charge on any atom is 0.226 e. The molecule has 0 heterocycles. The number of amides is 1. The largest absolute Gasteiger partial charge is 0.380 e. The van der Waals surface area contributed by atoms with Crippen LogP contribution in [0.15, 0.2) is 42.5 Å². The highest BCUT2D eigenvalue weighted by Crippen LogP contribution is 2.29. The first kappa shape index (κ1) is 17.5. The molecule has 0 spiro atoms. The van der Waals surface area contributed by atoms with Gasteiger partial charge in [0, 0.05) is 30.8 Å². The highest BCUT2D eigenvalue weighted by molar-refractivity contribution is 6.30. The molecule has 0 N–H and O–H groups in total. The van der Waals surface area contributed by atoms with Crippen molar-refractivity contribution in [1.29, 1.82) is 0 Å². The molecule has 2 aromatic carbocycles. The Morgan fingerprint density at radius 1 is 1.13 bits per heavy atom. The fourth-order valence-corrected chi connectivity index (χ4v) is 2.75. The molecular formula is C19H22ClNO2. The van der Waals surface area contributed by atoms with Crippen LogP contribution >= 0.6 is 11.6 Å². The van der Waals surface area contributed by atoms with Gasteiger partial charge in [-0.1, -0.05) is 36.7 Å². The van der Waals surface area contributed by atoms with Gasteiger partial charge in [-0.3, -0.25) is 4.79 Å². The molecule has 0 aliphatic carbocycles. The van der Waals surface area contributed by atoms with E-state index in [1.54, 1.807) is 12.0 Å². The Kier molecular flexibility index (Phi) is 6.20. The summed E-state index contributed by atoms with van der Waals surface area (Å²) in [5.41, 5.74) is 4.13. The Bertz CT molecular complexity index is 668. The number of carbonyl (C=O) groups excluding carboxylic acids is 1. The first-order chi connectivity index (χ1) is 11.1. The summed E-state index contributed by atoms with van der Waals surface area (Å²) in [5, 5.41) is 0.712. The highest BCUT2D eigenvalue weighted by atomic mass is 35.5. The molecule has 0 aromatic heterocycles. The van der Waals surface area contributed by atoms with Gasteiger partial charge in [0.15, 0.2) is 0 Å². The molecule has 0 saturated carbocycles. The number of ether oxygens (including phenoxy) is 1. The Balaban J connectivity index is 2.45. The molecule has 1 amide bonds. The Morgan fingerprint density at radius 2 is 1.83 bits per heavy atom. The lowest BCUT2D eigenvalue weighted by molar-refractivity contribution is -0.118. The number of hydrogen-bond donors (Lipinski definition) is 0. The maximum absolute atomic E-state index is 12.1. The zero-order valence-corrected chi connectivity index (χ0v) is 14.6. The van der Waals surface area contributed by atoms with Crippen molar-refractivity contribution >= 4 is 23.2 Å². The summed E-state index contributed by atoms with van der Waals surface area (Å²) in [6.07, 6.45) is 0.492. The number of rotatable bonds is 6. The third-order valence-electron chi connectivity index (χ3n) is 3.78. The van der Waals surface area contributed by atoms with Gasteiger partial charge >= 0.3 is 0 Å². The second-order valence-electron chi connectivity index (χ2n) is 5.27. The molecule has 0 saturated heterocycles. The van der Waals surface area contributed by atoms with Gasteiger partial charge in [0.05, 0.1) is 6.61 Å². The molecule has 0 aliphatic heterocycles. The zero-order chi connectivity index (χ0) is 16.8. The standard InChI is InChI=1S/C19H22ClNO2/c1-4-19(22)21(5-2)17-10-11-18(15(12-17)13-23-3)14-6-8-16(20)9-7-14/h6-12H,4-5,13H2,1-3H3. The van der Waals surface area contributed by atoms with Gasteiger partial charge in [0.1, 0.15) is 0 Å². The number of anilines is 1. The molecule has 2 aromatic rings. The number of halogens is 1. The zero-order valence-electron chi connectivity index (χ0n) is 13.8. The van der Waals surface area contributed by atoms with Gasteiger partial charge in [0.25, 0.3) is 0 Å². The molecular weight excluding hydrogens is 310 g/mol. The van der Waals surface area contributed by atoms with Crippen molar-refractivity contribution in [3.05, 3.63) is 53.1 Å². The number of methoxy groups -OCH3 is 1. The number of nitrogens with zero attached hydrogens (tertiary/aromatic N) is 1. The first-order valence-electron chi connectivity index (χ1n) is 7.78. The average molecular weight is 332 g/mol. The Hall–Kier alpha value is -1.84. The maximum atomic E-state index is 12.1. The van der Waals surface area contributed by atoms with Crippen LogP contribution in [-0.4, -0.2) is 19.6 Å². The summed E-state index contributed by atoms with van der Waals surface area (Å²) >= 11 is 5.97. The summed E-state index contributed by atoms with van der Waals surface area (Å²) in [6, 6.07) is 13.8. The van der Waals surface area contributed by atoms with Crippen LogP contribution in [0.5, 0.6) is 0 Å². The Labute approximate surface area is 142 Å². The van der Waals surface area contributed by atoms with Crippen LogP contribution in [0.4, 0.5) is 5.69 Å². The quantitative estimate of drug-likeness (QED) is 0.752. The summed E-state index contributed by atoms with van der Waals surface area (Å²) in [5.74, 6) is 0.120. The van der Waals surface area contributed by atoms with Crippen LogP contribution < -0.4 is 4.90 Å². The fraction of sp³-hybridized carbons (Fsp3) is 0.316. The molecule has 122 valence electrons. The molecule has 0 atom stereocenters. The van der Waals surface area contributed by atoms with E-state index >= 15 is 0 Å². The van der Waals surface area contributed by atoms with Gasteiger partial charge in [-0.25, -0.2) is 0 Å². The van der Waals surface area contributed by atoms with E-state index in [1.807, 2.05) is 56.3 Å². The molecule has 0 bridgehead atoms. The third-order valence-corrected chi connectivity index (χ3v) is 4.03. The van der Waals surface area contributed by atoms with Crippen LogP contribution in [0.25, 0.3) is 11.1 Å². The van der Waals surface area contributed by atoms with Crippen molar-refractivity contribution < 1.29 is 9.53 Å². The molecule has 0 fully saturated rings. The van der Waals surface area contributed by atoms with Crippen molar-refractivity contribution in [2.45, 2.75) is 26.9 Å². The van der Waals surface area contributed by atoms with E-state index in [2.05, 4.69) is 0 Å². The normalized spacial score (nSPS) is 10.6. The van der Waals surface area contributed by atoms with Crippen molar-refractivity contribution in [1.82, 2.24) is 0 Å². The highest BCUT2D eigenvalue weighted by Gasteiger charge is 2.14. The van der Waals surface area contributed by atoms with E-state index in [1.165, 1.54) is 0 Å². The summed E-state index contributed by atoms with van der Waals surface area (Å²) in [7, 11) is 1.67. The molecule has 23 heavy (non-hydrogen) atoms. The third kappa shape index (κ3) is 4.12. The van der Waals surface area contributed by atoms with Gasteiger partial charge in [-0.2, -0.15) is 0 Å². The van der Waals surface area contributed by atoms with Crippen LogP contribution in [0.1, 0.15) is 25.8 Å². The lowest BCUT2D eigenvalue weighted by Gasteiger charge is -2.22. The molecule has 0 aliphatic rings. The molecule has 0 radical (unpaired) electrons. The van der Waals surface area contributed by atoms with Crippen LogP contribution in [0, 0.1) is 0 Å². The van der Waals surface area contributed by atoms with E-state index in [9.17, 15) is 4.79 Å². The number of benzene rings is 2.